The number of aromatic nitrogens is 1. The van der Waals surface area contributed by atoms with E-state index in [4.69, 9.17) is 0 Å². The smallest absolute Gasteiger partial charge is 0.0483 e. The van der Waals surface area contributed by atoms with E-state index in [0.717, 1.165) is 32.7 Å². The maximum Gasteiger partial charge on any atom is 0.0483 e. The van der Waals surface area contributed by atoms with Gasteiger partial charge in [-0.05, 0) is 54.8 Å². The van der Waals surface area contributed by atoms with E-state index in [-0.39, 0.29) is 0 Å². The minimum Gasteiger partial charge on any atom is -0.368 e. The van der Waals surface area contributed by atoms with Crippen molar-refractivity contribution in [1.29, 1.82) is 0 Å². The number of anilines is 1. The fraction of sp³-hybridized carbons (Fsp3) is 0.259. The molecule has 0 spiro atoms. The number of para-hydroxylation sites is 1. The largest absolute Gasteiger partial charge is 0.368 e. The van der Waals surface area contributed by atoms with E-state index < -0.39 is 0 Å². The van der Waals surface area contributed by atoms with E-state index in [2.05, 4.69) is 107 Å². The van der Waals surface area contributed by atoms with Gasteiger partial charge in [0, 0.05) is 55.7 Å². The Morgan fingerprint density at radius 2 is 1.57 bits per heavy atom. The van der Waals surface area contributed by atoms with Crippen LogP contribution in [0.25, 0.3) is 22.0 Å². The summed E-state index contributed by atoms with van der Waals surface area (Å²) in [7, 11) is 2.21. The molecule has 3 heteroatoms. The van der Waals surface area contributed by atoms with Crippen molar-refractivity contribution in [2.45, 2.75) is 13.5 Å². The minimum absolute atomic E-state index is 0.896. The van der Waals surface area contributed by atoms with Gasteiger partial charge in [0.1, 0.15) is 0 Å². The molecule has 0 amide bonds. The van der Waals surface area contributed by atoms with E-state index in [1.54, 1.807) is 0 Å². The molecule has 3 aromatic carbocycles. The Balaban J connectivity index is 1.39. The van der Waals surface area contributed by atoms with Crippen molar-refractivity contribution in [3.05, 3.63) is 90.1 Å². The second-order valence-corrected chi connectivity index (χ2v) is 8.51. The predicted molar refractivity (Wildman–Crippen MR) is 127 cm³/mol. The number of rotatable bonds is 4. The average Bonchev–Trinajstić information content (AvgIpc) is 3.16. The van der Waals surface area contributed by atoms with Crippen LogP contribution in [0.15, 0.2) is 79.0 Å². The van der Waals surface area contributed by atoms with E-state index in [1.807, 2.05) is 0 Å². The lowest BCUT2D eigenvalue weighted by Crippen LogP contribution is -2.44. The van der Waals surface area contributed by atoms with Crippen LogP contribution in [0.2, 0.25) is 0 Å². The second-order valence-electron chi connectivity index (χ2n) is 8.51. The van der Waals surface area contributed by atoms with Gasteiger partial charge in [-0.25, -0.2) is 0 Å². The molecule has 0 N–H and O–H groups in total. The number of hydrogen-bond donors (Lipinski definition) is 0. The quantitative estimate of drug-likeness (QED) is 0.457. The topological polar surface area (TPSA) is 11.4 Å². The molecule has 0 atom stereocenters. The molecule has 30 heavy (non-hydrogen) atoms. The van der Waals surface area contributed by atoms with Crippen molar-refractivity contribution in [1.82, 2.24) is 9.47 Å². The Morgan fingerprint density at radius 3 is 2.37 bits per heavy atom. The van der Waals surface area contributed by atoms with Crippen LogP contribution in [0.1, 0.15) is 11.1 Å². The normalized spacial score (nSPS) is 15.1. The summed E-state index contributed by atoms with van der Waals surface area (Å²) in [6, 6.07) is 26.8. The zero-order chi connectivity index (χ0) is 20.5. The Bertz CT molecular complexity index is 1150. The molecule has 4 aromatic rings. The van der Waals surface area contributed by atoms with Gasteiger partial charge in [0.2, 0.25) is 0 Å². The summed E-state index contributed by atoms with van der Waals surface area (Å²) in [6.07, 6.45) is 2.20. The molecule has 1 aromatic heterocycles. The van der Waals surface area contributed by atoms with E-state index >= 15 is 0 Å². The van der Waals surface area contributed by atoms with Crippen LogP contribution in [0.4, 0.5) is 5.69 Å². The van der Waals surface area contributed by atoms with Gasteiger partial charge < -0.3 is 14.4 Å². The number of piperazine rings is 1. The Labute approximate surface area is 179 Å². The molecule has 3 nitrogen and oxygen atoms in total. The molecule has 5 rings (SSSR count). The van der Waals surface area contributed by atoms with Gasteiger partial charge in [-0.1, -0.05) is 54.1 Å². The summed E-state index contributed by atoms with van der Waals surface area (Å²) in [5.74, 6) is 0. The lowest BCUT2D eigenvalue weighted by Gasteiger charge is -2.35. The summed E-state index contributed by atoms with van der Waals surface area (Å²) in [5.41, 5.74) is 7.91. The van der Waals surface area contributed by atoms with Crippen molar-refractivity contribution >= 4 is 16.6 Å². The standard InChI is InChI=1S/C27H29N3/c1-21-7-12-26-24(19-21)13-14-30(26)20-22-8-10-23(11-9-22)25-5-3-4-6-27(25)29-17-15-28(2)16-18-29/h3-14,19H,15-18,20H2,1-2H3. The van der Waals surface area contributed by atoms with Crippen LogP contribution in [0.5, 0.6) is 0 Å². The fourth-order valence-corrected chi connectivity index (χ4v) is 4.48. The van der Waals surface area contributed by atoms with Crippen LogP contribution in [-0.2, 0) is 6.54 Å². The lowest BCUT2D eigenvalue weighted by molar-refractivity contribution is 0.313. The molecule has 0 unspecified atom stereocenters. The average molecular weight is 396 g/mol. The molecule has 0 aliphatic carbocycles. The highest BCUT2D eigenvalue weighted by atomic mass is 15.2. The molecule has 1 aliphatic rings. The molecule has 0 saturated carbocycles. The molecule has 0 radical (unpaired) electrons. The van der Waals surface area contributed by atoms with Gasteiger partial charge in [-0.3, -0.25) is 0 Å². The third-order valence-electron chi connectivity index (χ3n) is 6.29. The Morgan fingerprint density at radius 1 is 0.800 bits per heavy atom. The summed E-state index contributed by atoms with van der Waals surface area (Å²) < 4.78 is 2.34. The zero-order valence-electron chi connectivity index (χ0n) is 17.9. The molecule has 152 valence electrons. The summed E-state index contributed by atoms with van der Waals surface area (Å²) >= 11 is 0. The highest BCUT2D eigenvalue weighted by Gasteiger charge is 2.17. The summed E-state index contributed by atoms with van der Waals surface area (Å²) in [4.78, 5) is 4.93. The lowest BCUT2D eigenvalue weighted by atomic mass is 10.0. The SMILES string of the molecule is Cc1ccc2c(ccn2Cc2ccc(-c3ccccc3N3CCN(C)CC3)cc2)c1. The number of benzene rings is 3. The van der Waals surface area contributed by atoms with Gasteiger partial charge >= 0.3 is 0 Å². The maximum absolute atomic E-state index is 2.52. The molecule has 1 aliphatic heterocycles. The van der Waals surface area contributed by atoms with Crippen LogP contribution < -0.4 is 4.90 Å². The fourth-order valence-electron chi connectivity index (χ4n) is 4.48. The first-order valence-electron chi connectivity index (χ1n) is 10.8. The van der Waals surface area contributed by atoms with E-state index in [0.29, 0.717) is 0 Å². The predicted octanol–water partition coefficient (Wildman–Crippen LogP) is 5.42. The first-order valence-corrected chi connectivity index (χ1v) is 10.8. The van der Waals surface area contributed by atoms with Crippen molar-refractivity contribution in [2.75, 3.05) is 38.1 Å². The van der Waals surface area contributed by atoms with Crippen molar-refractivity contribution in [3.8, 4) is 11.1 Å². The van der Waals surface area contributed by atoms with Crippen LogP contribution in [-0.4, -0.2) is 42.7 Å². The van der Waals surface area contributed by atoms with E-state index in [9.17, 15) is 0 Å². The summed E-state index contributed by atoms with van der Waals surface area (Å²) in [5, 5.41) is 1.31. The first kappa shape index (κ1) is 19.0. The van der Waals surface area contributed by atoms with Gasteiger partial charge in [-0.15, -0.1) is 0 Å². The molecule has 2 heterocycles. The third kappa shape index (κ3) is 3.73. The maximum atomic E-state index is 2.52. The van der Waals surface area contributed by atoms with Gasteiger partial charge in [-0.2, -0.15) is 0 Å². The highest BCUT2D eigenvalue weighted by Crippen LogP contribution is 2.31. The van der Waals surface area contributed by atoms with Gasteiger partial charge in [0.25, 0.3) is 0 Å². The molecular formula is C27H29N3. The number of fused-ring (bicyclic) bond motifs is 1. The third-order valence-corrected chi connectivity index (χ3v) is 6.29. The molecule has 1 fully saturated rings. The zero-order valence-corrected chi connectivity index (χ0v) is 17.9. The van der Waals surface area contributed by atoms with E-state index in [1.165, 1.54) is 38.8 Å². The number of aryl methyl sites for hydroxylation is 1. The highest BCUT2D eigenvalue weighted by molar-refractivity contribution is 5.81. The Kier molecular flexibility index (Phi) is 5.06. The van der Waals surface area contributed by atoms with Crippen molar-refractivity contribution in [3.63, 3.8) is 0 Å². The van der Waals surface area contributed by atoms with Crippen LogP contribution in [0, 0.1) is 6.92 Å². The number of nitrogens with zero attached hydrogens (tertiary/aromatic N) is 3. The van der Waals surface area contributed by atoms with Crippen molar-refractivity contribution < 1.29 is 0 Å². The van der Waals surface area contributed by atoms with Crippen molar-refractivity contribution in [2.24, 2.45) is 0 Å². The number of hydrogen-bond acceptors (Lipinski definition) is 2. The number of likely N-dealkylation sites (N-methyl/N-ethyl adjacent to an activating group) is 1. The molecule has 1 saturated heterocycles. The van der Waals surface area contributed by atoms with Gasteiger partial charge in [0.05, 0.1) is 0 Å². The van der Waals surface area contributed by atoms with Gasteiger partial charge in [0.15, 0.2) is 0 Å². The van der Waals surface area contributed by atoms with Crippen LogP contribution >= 0.6 is 0 Å². The van der Waals surface area contributed by atoms with Crippen LogP contribution in [0.3, 0.4) is 0 Å². The monoisotopic (exact) mass is 395 g/mol. The summed E-state index contributed by atoms with van der Waals surface area (Å²) in [6.45, 7) is 7.47. The Hall–Kier alpha value is -3.04. The first-order chi connectivity index (χ1) is 14.7. The molecular weight excluding hydrogens is 366 g/mol. The minimum atomic E-state index is 0.896. The second kappa shape index (κ2) is 8.00. The molecule has 0 bridgehead atoms.